The second kappa shape index (κ2) is 7.47. The summed E-state index contributed by atoms with van der Waals surface area (Å²) < 4.78 is 0. The maximum absolute atomic E-state index is 11.4. The van der Waals surface area contributed by atoms with Gasteiger partial charge in [0.15, 0.2) is 5.78 Å². The first-order chi connectivity index (χ1) is 12.8. The molecule has 0 spiro atoms. The third kappa shape index (κ3) is 3.99. The number of phenols is 2. The molecule has 5 nitrogen and oxygen atoms in total. The van der Waals surface area contributed by atoms with E-state index in [0.29, 0.717) is 34.0 Å². The third-order valence-corrected chi connectivity index (χ3v) is 4.89. The van der Waals surface area contributed by atoms with E-state index in [0.717, 1.165) is 5.56 Å². The van der Waals surface area contributed by atoms with Gasteiger partial charge in [0.2, 0.25) is 0 Å². The molecule has 0 radical (unpaired) electrons. The normalized spacial score (nSPS) is 15.3. The van der Waals surface area contributed by atoms with Crippen LogP contribution in [0.15, 0.2) is 52.5 Å². The number of phenolic OH excluding ortho intramolecular Hbond substituents is 2. The van der Waals surface area contributed by atoms with Crippen LogP contribution in [0, 0.1) is 6.92 Å². The van der Waals surface area contributed by atoms with Crippen molar-refractivity contribution in [2.75, 3.05) is 5.73 Å². The lowest BCUT2D eigenvalue weighted by Crippen LogP contribution is -2.05. The SMILES string of the molecule is Cc1c(Cc2ccc(O)cc2Cl)c(O)cc(N)c1N=C1C=CC(=O)C=C1Cl. The van der Waals surface area contributed by atoms with Crippen LogP contribution in [0.4, 0.5) is 11.4 Å². The second-order valence-electron chi connectivity index (χ2n) is 6.11. The van der Waals surface area contributed by atoms with Crippen LogP contribution in [-0.4, -0.2) is 21.7 Å². The topological polar surface area (TPSA) is 95.9 Å². The number of nitrogens with two attached hydrogens (primary N) is 1. The molecule has 7 heteroatoms. The van der Waals surface area contributed by atoms with Crippen LogP contribution in [0.1, 0.15) is 16.7 Å². The fraction of sp³-hybridized carbons (Fsp3) is 0.100. The number of nitrogen functional groups attached to an aromatic ring is 1. The first-order valence-corrected chi connectivity index (χ1v) is 8.78. The van der Waals surface area contributed by atoms with Gasteiger partial charge in [0.1, 0.15) is 11.5 Å². The standard InChI is InChI=1S/C20H16Cl2N2O3/c1-10-14(6-11-2-3-12(25)7-15(11)21)19(27)9-17(23)20(10)24-18-5-4-13(26)8-16(18)22/h2-5,7-9,25,27H,6,23H2,1H3. The fourth-order valence-electron chi connectivity index (χ4n) is 2.79. The van der Waals surface area contributed by atoms with Crippen molar-refractivity contribution in [1.82, 2.24) is 0 Å². The van der Waals surface area contributed by atoms with E-state index in [1.165, 1.54) is 36.4 Å². The molecule has 1 aliphatic rings. The van der Waals surface area contributed by atoms with Gasteiger partial charge in [0, 0.05) is 29.1 Å². The first kappa shape index (κ1) is 19.0. The van der Waals surface area contributed by atoms with E-state index in [1.807, 2.05) is 0 Å². The highest BCUT2D eigenvalue weighted by Gasteiger charge is 2.17. The number of carbonyl (C=O) groups is 1. The maximum atomic E-state index is 11.4. The van der Waals surface area contributed by atoms with Gasteiger partial charge in [-0.25, -0.2) is 4.99 Å². The van der Waals surface area contributed by atoms with E-state index in [2.05, 4.69) is 4.99 Å². The van der Waals surface area contributed by atoms with Gasteiger partial charge in [0.25, 0.3) is 0 Å². The van der Waals surface area contributed by atoms with Crippen LogP contribution in [0.3, 0.4) is 0 Å². The third-order valence-electron chi connectivity index (χ3n) is 4.24. The van der Waals surface area contributed by atoms with E-state index in [9.17, 15) is 15.0 Å². The molecular weight excluding hydrogens is 387 g/mol. The number of benzene rings is 2. The van der Waals surface area contributed by atoms with Crippen LogP contribution in [0.25, 0.3) is 0 Å². The lowest BCUT2D eigenvalue weighted by atomic mass is 9.97. The van der Waals surface area contributed by atoms with Gasteiger partial charge in [-0.05, 0) is 42.3 Å². The van der Waals surface area contributed by atoms with Crippen molar-refractivity contribution in [3.8, 4) is 11.5 Å². The van der Waals surface area contributed by atoms with Crippen LogP contribution in [0.5, 0.6) is 11.5 Å². The molecule has 1 aliphatic carbocycles. The molecule has 0 atom stereocenters. The predicted octanol–water partition coefficient (Wildman–Crippen LogP) is 4.57. The summed E-state index contributed by atoms with van der Waals surface area (Å²) in [6.45, 7) is 1.79. The van der Waals surface area contributed by atoms with Gasteiger partial charge in [-0.2, -0.15) is 0 Å². The van der Waals surface area contributed by atoms with Crippen LogP contribution >= 0.6 is 23.2 Å². The molecule has 0 unspecified atom stereocenters. The summed E-state index contributed by atoms with van der Waals surface area (Å²) >= 11 is 12.3. The van der Waals surface area contributed by atoms with Gasteiger partial charge in [0.05, 0.1) is 22.1 Å². The van der Waals surface area contributed by atoms with Crippen molar-refractivity contribution in [3.05, 3.63) is 69.2 Å². The molecule has 138 valence electrons. The molecule has 0 fully saturated rings. The first-order valence-electron chi connectivity index (χ1n) is 8.03. The van der Waals surface area contributed by atoms with Gasteiger partial charge in [-0.3, -0.25) is 4.79 Å². The van der Waals surface area contributed by atoms with Crippen molar-refractivity contribution < 1.29 is 15.0 Å². The Bertz CT molecular complexity index is 1040. The number of aromatic hydroxyl groups is 2. The van der Waals surface area contributed by atoms with Gasteiger partial charge < -0.3 is 15.9 Å². The Kier molecular flexibility index (Phi) is 5.26. The summed E-state index contributed by atoms with van der Waals surface area (Å²) in [4.78, 5) is 15.9. The van der Waals surface area contributed by atoms with Crippen molar-refractivity contribution in [3.63, 3.8) is 0 Å². The zero-order chi connectivity index (χ0) is 19.7. The molecule has 27 heavy (non-hydrogen) atoms. The summed E-state index contributed by atoms with van der Waals surface area (Å²) in [5.41, 5.74) is 9.20. The largest absolute Gasteiger partial charge is 0.508 e. The number of ketones is 1. The molecule has 2 aromatic rings. The van der Waals surface area contributed by atoms with E-state index in [1.54, 1.807) is 13.0 Å². The zero-order valence-corrected chi connectivity index (χ0v) is 15.8. The summed E-state index contributed by atoms with van der Waals surface area (Å²) in [6, 6.07) is 6.08. The predicted molar refractivity (Wildman–Crippen MR) is 108 cm³/mol. The minimum absolute atomic E-state index is 0.0223. The number of nitrogens with zero attached hydrogens (tertiary/aromatic N) is 1. The number of aliphatic imine (C=N–C) groups is 1. The number of hydrogen-bond acceptors (Lipinski definition) is 5. The van der Waals surface area contributed by atoms with Gasteiger partial charge >= 0.3 is 0 Å². The van der Waals surface area contributed by atoms with E-state index in [4.69, 9.17) is 28.9 Å². The summed E-state index contributed by atoms with van der Waals surface area (Å²) in [5.74, 6) is -0.125. The average Bonchev–Trinajstić information content (AvgIpc) is 2.58. The number of carbonyl (C=O) groups excluding carboxylic acids is 1. The Morgan fingerprint density at radius 3 is 2.56 bits per heavy atom. The minimum Gasteiger partial charge on any atom is -0.508 e. The monoisotopic (exact) mass is 402 g/mol. The molecule has 3 rings (SSSR count). The van der Waals surface area contributed by atoms with Crippen LogP contribution in [-0.2, 0) is 11.2 Å². The molecule has 0 aromatic heterocycles. The van der Waals surface area contributed by atoms with E-state index in [-0.39, 0.29) is 28.0 Å². The fourth-order valence-corrected chi connectivity index (χ4v) is 3.25. The summed E-state index contributed by atoms with van der Waals surface area (Å²) in [5, 5.41) is 20.5. The highest BCUT2D eigenvalue weighted by Crippen LogP contribution is 2.38. The molecule has 0 saturated heterocycles. The Hall–Kier alpha value is -2.76. The Morgan fingerprint density at radius 1 is 1.15 bits per heavy atom. The van der Waals surface area contributed by atoms with Gasteiger partial charge in [-0.15, -0.1) is 0 Å². The minimum atomic E-state index is -0.211. The smallest absolute Gasteiger partial charge is 0.180 e. The average molecular weight is 403 g/mol. The molecule has 0 bridgehead atoms. The number of allylic oxidation sites excluding steroid dienone is 4. The molecule has 0 saturated carbocycles. The maximum Gasteiger partial charge on any atom is 0.180 e. The van der Waals surface area contributed by atoms with Crippen molar-refractivity contribution >= 4 is 46.1 Å². The van der Waals surface area contributed by atoms with Crippen molar-refractivity contribution in [2.45, 2.75) is 13.3 Å². The summed E-state index contributed by atoms with van der Waals surface area (Å²) in [7, 11) is 0. The Balaban J connectivity index is 2.07. The molecule has 0 aliphatic heterocycles. The molecule has 0 amide bonds. The highest BCUT2D eigenvalue weighted by molar-refractivity contribution is 6.48. The van der Waals surface area contributed by atoms with Crippen molar-refractivity contribution in [1.29, 1.82) is 0 Å². The zero-order valence-electron chi connectivity index (χ0n) is 14.3. The number of rotatable bonds is 3. The van der Waals surface area contributed by atoms with Crippen LogP contribution in [0.2, 0.25) is 5.02 Å². The second-order valence-corrected chi connectivity index (χ2v) is 6.93. The number of anilines is 1. The molecular formula is C20H16Cl2N2O3. The molecule has 2 aromatic carbocycles. The number of hydrogen-bond donors (Lipinski definition) is 3. The Labute approximate surface area is 166 Å². The highest BCUT2D eigenvalue weighted by atomic mass is 35.5. The molecule has 4 N–H and O–H groups in total. The Morgan fingerprint density at radius 2 is 1.89 bits per heavy atom. The van der Waals surface area contributed by atoms with Crippen LogP contribution < -0.4 is 5.73 Å². The van der Waals surface area contributed by atoms with Crippen molar-refractivity contribution in [2.24, 2.45) is 4.99 Å². The van der Waals surface area contributed by atoms with Gasteiger partial charge in [-0.1, -0.05) is 29.3 Å². The lowest BCUT2D eigenvalue weighted by Gasteiger charge is -2.15. The summed E-state index contributed by atoms with van der Waals surface area (Å²) in [6.07, 6.45) is 4.50. The lowest BCUT2D eigenvalue weighted by molar-refractivity contribution is -0.110. The van der Waals surface area contributed by atoms with E-state index < -0.39 is 0 Å². The molecule has 0 heterocycles. The quantitative estimate of drug-likeness (QED) is 0.517. The van der Waals surface area contributed by atoms with E-state index >= 15 is 0 Å². The number of halogens is 2.